The van der Waals surface area contributed by atoms with Crippen LogP contribution in [0.5, 0.6) is 11.5 Å². The third-order valence-electron chi connectivity index (χ3n) is 6.10. The predicted molar refractivity (Wildman–Crippen MR) is 168 cm³/mol. The van der Waals surface area contributed by atoms with Crippen molar-refractivity contribution in [3.63, 3.8) is 0 Å². The number of aliphatic hydroxyl groups excluding tert-OH is 1. The number of rotatable bonds is 7. The number of nitrogens with two attached hydrogens (primary N) is 2. The van der Waals surface area contributed by atoms with Crippen LogP contribution in [0.1, 0.15) is 11.1 Å². The SMILES string of the molecule is CO.COc1ccc(Cn2c(=O)c(N=O)c(N)n(C)c2=O)cc1.COc1ccc(Cn2c(=O)cc(N)n(C)c2=O)cc1.O=N[O-].[Na+]. The zero-order valence-corrected chi connectivity index (χ0v) is 28.1. The Bertz CT molecular complexity index is 1820. The van der Waals surface area contributed by atoms with Crippen LogP contribution >= 0.6 is 0 Å². The van der Waals surface area contributed by atoms with Gasteiger partial charge in [-0.1, -0.05) is 24.3 Å². The van der Waals surface area contributed by atoms with E-state index in [2.05, 4.69) is 5.18 Å². The summed E-state index contributed by atoms with van der Waals surface area (Å²) in [5, 5.41) is 18.6. The van der Waals surface area contributed by atoms with Crippen molar-refractivity contribution in [3.8, 4) is 11.5 Å². The van der Waals surface area contributed by atoms with E-state index in [0.29, 0.717) is 11.3 Å². The van der Waals surface area contributed by atoms with Gasteiger partial charge >= 0.3 is 40.9 Å². The third kappa shape index (κ3) is 10.5. The first-order valence-electron chi connectivity index (χ1n) is 12.6. The second-order valence-electron chi connectivity index (χ2n) is 8.66. The van der Waals surface area contributed by atoms with Crippen molar-refractivity contribution in [3.05, 3.63) is 122 Å². The summed E-state index contributed by atoms with van der Waals surface area (Å²) >= 11 is 0. The molecule has 0 aliphatic rings. The predicted octanol–water partition coefficient (Wildman–Crippen LogP) is -2.37. The number of hydrogen-bond donors (Lipinski definition) is 3. The summed E-state index contributed by atoms with van der Waals surface area (Å²) in [7, 11) is 7.02. The van der Waals surface area contributed by atoms with Crippen LogP contribution < -0.4 is 73.0 Å². The Labute approximate surface area is 283 Å². The summed E-state index contributed by atoms with van der Waals surface area (Å²) in [6.45, 7) is 0.216. The van der Waals surface area contributed by atoms with Gasteiger partial charge in [0.15, 0.2) is 0 Å². The molecule has 2 aromatic carbocycles. The maximum absolute atomic E-state index is 12.1. The molecule has 19 heteroatoms. The number of anilines is 2. The molecule has 0 bridgehead atoms. The Morgan fingerprint density at radius 2 is 1.15 bits per heavy atom. The molecule has 0 spiro atoms. The van der Waals surface area contributed by atoms with E-state index in [1.165, 1.54) is 31.8 Å². The molecule has 2 aromatic heterocycles. The number of nitroso groups, excluding NO2 is 1. The van der Waals surface area contributed by atoms with Crippen LogP contribution in [0, 0.1) is 15.0 Å². The quantitative estimate of drug-likeness (QED) is 0.108. The van der Waals surface area contributed by atoms with Crippen molar-refractivity contribution in [2.24, 2.45) is 24.6 Å². The summed E-state index contributed by atoms with van der Waals surface area (Å²) in [4.78, 5) is 66.6. The van der Waals surface area contributed by atoms with E-state index in [1.807, 2.05) is 0 Å². The van der Waals surface area contributed by atoms with Gasteiger partial charge in [-0.2, -0.15) is 0 Å². The largest absolute Gasteiger partial charge is 1.00 e. The fraction of sp³-hybridized carbons (Fsp3) is 0.259. The minimum atomic E-state index is -0.804. The van der Waals surface area contributed by atoms with Gasteiger partial charge in [0.2, 0.25) is 5.69 Å². The number of methoxy groups -OCH3 is 2. The average molecular weight is 653 g/mol. The second-order valence-corrected chi connectivity index (χ2v) is 8.66. The van der Waals surface area contributed by atoms with Gasteiger partial charge in [0.1, 0.15) is 23.1 Å². The number of hydrogen-bond acceptors (Lipinski definition) is 14. The van der Waals surface area contributed by atoms with E-state index in [0.717, 1.165) is 37.5 Å². The Hall–Kier alpha value is -5.04. The molecule has 0 fully saturated rings. The van der Waals surface area contributed by atoms with Gasteiger partial charge in [0.25, 0.3) is 11.1 Å². The first-order chi connectivity index (χ1) is 21.4. The fourth-order valence-corrected chi connectivity index (χ4v) is 3.65. The monoisotopic (exact) mass is 652 g/mol. The number of aromatic nitrogens is 4. The van der Waals surface area contributed by atoms with Crippen LogP contribution in [0.3, 0.4) is 0 Å². The molecule has 4 rings (SSSR count). The summed E-state index contributed by atoms with van der Waals surface area (Å²) < 4.78 is 14.4. The Kier molecular flexibility index (Phi) is 17.9. The number of ether oxygens (including phenoxy) is 2. The summed E-state index contributed by atoms with van der Waals surface area (Å²) in [5.41, 5.74) is 9.91. The van der Waals surface area contributed by atoms with Crippen LogP contribution in [-0.2, 0) is 27.2 Å². The van der Waals surface area contributed by atoms with E-state index >= 15 is 0 Å². The summed E-state index contributed by atoms with van der Waals surface area (Å²) in [6.07, 6.45) is 0. The minimum Gasteiger partial charge on any atom is -0.497 e. The molecule has 0 aliphatic heterocycles. The molecule has 0 radical (unpaired) electrons. The third-order valence-corrected chi connectivity index (χ3v) is 6.10. The minimum absolute atomic E-state index is 0. The van der Waals surface area contributed by atoms with Crippen LogP contribution in [0.15, 0.2) is 84.3 Å². The normalized spacial score (nSPS) is 9.43. The topological polar surface area (TPSA) is 261 Å². The van der Waals surface area contributed by atoms with E-state index in [4.69, 9.17) is 36.2 Å². The van der Waals surface area contributed by atoms with Gasteiger partial charge in [-0.05, 0) is 40.6 Å². The molecule has 46 heavy (non-hydrogen) atoms. The van der Waals surface area contributed by atoms with Crippen LogP contribution in [0.25, 0.3) is 0 Å². The molecule has 4 aromatic rings. The van der Waals surface area contributed by atoms with Crippen molar-refractivity contribution in [1.29, 1.82) is 0 Å². The molecule has 5 N–H and O–H groups in total. The molecular formula is C27H33N8NaO10. The van der Waals surface area contributed by atoms with E-state index in [1.54, 1.807) is 55.6 Å². The van der Waals surface area contributed by atoms with E-state index < -0.39 is 28.2 Å². The Morgan fingerprint density at radius 1 is 0.761 bits per heavy atom. The molecule has 2 heterocycles. The van der Waals surface area contributed by atoms with Crippen molar-refractivity contribution >= 4 is 17.3 Å². The van der Waals surface area contributed by atoms with Gasteiger partial charge in [-0.25, -0.2) is 9.59 Å². The second kappa shape index (κ2) is 20.1. The number of nitrogens with zero attached hydrogens (tertiary/aromatic N) is 6. The zero-order chi connectivity index (χ0) is 34.3. The standard InChI is InChI=1S/C13H14N4O4.C13H15N3O3.CH4O.HNO2.Na/c1-16-11(14)10(15-20)12(18)17(13(16)19)7-8-3-5-9(21-2)6-4-8;1-15-11(14)7-12(17)16(13(15)18)8-9-3-5-10(19-2)6-4-9;1-2;2-1-3;/h3-6H,7,14H2,1-2H3;3-7H,8,14H2,1-2H3;2H,1H3;(H,2,3);/q;;;;+1/p-1. The van der Waals surface area contributed by atoms with Crippen molar-refractivity contribution < 1.29 is 44.1 Å². The van der Waals surface area contributed by atoms with Crippen molar-refractivity contribution in [1.82, 2.24) is 18.3 Å². The maximum Gasteiger partial charge on any atom is 1.00 e. The summed E-state index contributed by atoms with van der Waals surface area (Å²) in [5.74, 6) is 1.29. The average Bonchev–Trinajstić information content (AvgIpc) is 3.05. The molecule has 0 unspecified atom stereocenters. The van der Waals surface area contributed by atoms with Crippen LogP contribution in [0.4, 0.5) is 17.3 Å². The van der Waals surface area contributed by atoms with Gasteiger partial charge in [-0.15, -0.1) is 10.2 Å². The maximum atomic E-state index is 12.1. The number of aliphatic hydroxyl groups is 1. The molecule has 0 saturated heterocycles. The van der Waals surface area contributed by atoms with Gasteiger partial charge in [-0.3, -0.25) is 27.9 Å². The fourth-order valence-electron chi connectivity index (χ4n) is 3.65. The van der Waals surface area contributed by atoms with Crippen molar-refractivity contribution in [2.45, 2.75) is 13.1 Å². The summed E-state index contributed by atoms with van der Waals surface area (Å²) in [6, 6.07) is 15.3. The molecule has 0 amide bonds. The Morgan fingerprint density at radius 3 is 1.54 bits per heavy atom. The first-order valence-corrected chi connectivity index (χ1v) is 12.6. The smallest absolute Gasteiger partial charge is 0.497 e. The van der Waals surface area contributed by atoms with Gasteiger partial charge in [0, 0.05) is 27.3 Å². The van der Waals surface area contributed by atoms with E-state index in [9.17, 15) is 24.1 Å². The molecule has 0 saturated carbocycles. The van der Waals surface area contributed by atoms with Crippen LogP contribution in [0.2, 0.25) is 0 Å². The number of benzene rings is 2. The zero-order valence-electron chi connectivity index (χ0n) is 26.1. The molecule has 0 atom stereocenters. The molecule has 0 aliphatic carbocycles. The van der Waals surface area contributed by atoms with Crippen molar-refractivity contribution in [2.75, 3.05) is 32.8 Å². The van der Waals surface area contributed by atoms with E-state index in [-0.39, 0.29) is 54.3 Å². The molecular weight excluding hydrogens is 619 g/mol. The van der Waals surface area contributed by atoms with Crippen LogP contribution in [-0.4, -0.2) is 44.7 Å². The Balaban J connectivity index is 0.000000760. The van der Waals surface area contributed by atoms with Gasteiger partial charge < -0.3 is 36.2 Å². The number of nitrogen functional groups attached to an aromatic ring is 2. The van der Waals surface area contributed by atoms with Gasteiger partial charge in [0.05, 0.1) is 27.3 Å². The molecule has 18 nitrogen and oxygen atoms in total. The molecule has 242 valence electrons. The first kappa shape index (κ1) is 41.0.